The molecule has 1 fully saturated rings. The lowest BCUT2D eigenvalue weighted by Crippen LogP contribution is -2.12. The molecule has 7 heteroatoms. The van der Waals surface area contributed by atoms with E-state index in [0.29, 0.717) is 6.07 Å². The Bertz CT molecular complexity index is 376. The monoisotopic (exact) mass is 237 g/mol. The fourth-order valence-corrected chi connectivity index (χ4v) is 1.22. The third kappa shape index (κ3) is 2.71. The van der Waals surface area contributed by atoms with E-state index in [9.17, 15) is 13.2 Å². The second-order valence-corrected chi connectivity index (χ2v) is 3.70. The Kier molecular flexibility index (Phi) is 2.46. The van der Waals surface area contributed by atoms with Gasteiger partial charge in [0.15, 0.2) is 5.69 Å². The van der Waals surface area contributed by atoms with Crippen LogP contribution in [0.2, 0.25) is 5.15 Å². The Labute approximate surface area is 88.7 Å². The van der Waals surface area contributed by atoms with Gasteiger partial charge in [-0.1, -0.05) is 11.6 Å². The number of hydrogen-bond acceptors (Lipinski definition) is 3. The average Bonchev–Trinajstić information content (AvgIpc) is 2.85. The van der Waals surface area contributed by atoms with Crippen molar-refractivity contribution in [3.8, 4) is 0 Å². The summed E-state index contributed by atoms with van der Waals surface area (Å²) in [6, 6.07) is 0.893. The van der Waals surface area contributed by atoms with Crippen molar-refractivity contribution in [3.63, 3.8) is 0 Å². The maximum absolute atomic E-state index is 12.3. The van der Waals surface area contributed by atoms with Gasteiger partial charge in [0.1, 0.15) is 5.15 Å². The van der Waals surface area contributed by atoms with Crippen LogP contribution in [-0.2, 0) is 6.18 Å². The summed E-state index contributed by atoms with van der Waals surface area (Å²) in [6.07, 6.45) is -2.64. The molecule has 0 spiro atoms. The molecule has 0 amide bonds. The predicted molar refractivity (Wildman–Crippen MR) is 48.7 cm³/mol. The van der Waals surface area contributed by atoms with Crippen molar-refractivity contribution in [1.29, 1.82) is 0 Å². The molecular formula is C8H7ClF3N3. The molecular weight excluding hydrogens is 231 g/mol. The maximum atomic E-state index is 12.3. The quantitative estimate of drug-likeness (QED) is 0.804. The third-order valence-corrected chi connectivity index (χ3v) is 2.09. The van der Waals surface area contributed by atoms with E-state index in [4.69, 9.17) is 11.6 Å². The molecule has 15 heavy (non-hydrogen) atoms. The first kappa shape index (κ1) is 10.5. The van der Waals surface area contributed by atoms with E-state index in [-0.39, 0.29) is 17.1 Å². The van der Waals surface area contributed by atoms with Crippen LogP contribution in [0.15, 0.2) is 6.07 Å². The molecule has 1 aromatic rings. The van der Waals surface area contributed by atoms with Crippen LogP contribution in [0.25, 0.3) is 0 Å². The number of anilines is 1. The molecule has 1 saturated carbocycles. The minimum absolute atomic E-state index is 0.0580. The lowest BCUT2D eigenvalue weighted by molar-refractivity contribution is -0.141. The standard InChI is InChI=1S/C8H7ClF3N3/c9-6-3-5(8(10,11)12)14-7(15-6)13-4-1-2-4/h3-4H,1-2H2,(H,13,14,15). The molecule has 2 rings (SSSR count). The molecule has 0 radical (unpaired) electrons. The van der Waals surface area contributed by atoms with Gasteiger partial charge in [-0.15, -0.1) is 0 Å². The molecule has 1 heterocycles. The largest absolute Gasteiger partial charge is 0.433 e. The highest BCUT2D eigenvalue weighted by Crippen LogP contribution is 2.30. The Hall–Kier alpha value is -1.04. The van der Waals surface area contributed by atoms with Gasteiger partial charge in [-0.05, 0) is 12.8 Å². The van der Waals surface area contributed by atoms with Crippen molar-refractivity contribution in [2.24, 2.45) is 0 Å². The number of alkyl halides is 3. The first-order chi connectivity index (χ1) is 6.95. The van der Waals surface area contributed by atoms with Crippen LogP contribution >= 0.6 is 11.6 Å². The first-order valence-electron chi connectivity index (χ1n) is 4.33. The van der Waals surface area contributed by atoms with E-state index in [1.807, 2.05) is 0 Å². The van der Waals surface area contributed by atoms with Crippen LogP contribution in [0.1, 0.15) is 18.5 Å². The molecule has 0 aromatic carbocycles. The highest BCUT2D eigenvalue weighted by Gasteiger charge is 2.34. The molecule has 1 N–H and O–H groups in total. The fraction of sp³-hybridized carbons (Fsp3) is 0.500. The van der Waals surface area contributed by atoms with Crippen LogP contribution in [0, 0.1) is 0 Å². The Morgan fingerprint density at radius 1 is 1.33 bits per heavy atom. The fourth-order valence-electron chi connectivity index (χ4n) is 1.04. The van der Waals surface area contributed by atoms with E-state index >= 15 is 0 Å². The molecule has 1 aliphatic rings. The van der Waals surface area contributed by atoms with Crippen LogP contribution in [0.3, 0.4) is 0 Å². The molecule has 0 unspecified atom stereocenters. The third-order valence-electron chi connectivity index (χ3n) is 1.90. The number of halogens is 4. The highest BCUT2D eigenvalue weighted by molar-refractivity contribution is 6.29. The van der Waals surface area contributed by atoms with Crippen molar-refractivity contribution in [2.75, 3.05) is 5.32 Å². The molecule has 0 bridgehead atoms. The SMILES string of the molecule is FC(F)(F)c1cc(Cl)nc(NC2CC2)n1. The number of nitrogens with zero attached hydrogens (tertiary/aromatic N) is 2. The van der Waals surface area contributed by atoms with E-state index in [2.05, 4.69) is 15.3 Å². The number of rotatable bonds is 2. The van der Waals surface area contributed by atoms with Gasteiger partial charge in [-0.2, -0.15) is 13.2 Å². The molecule has 82 valence electrons. The van der Waals surface area contributed by atoms with E-state index in [1.165, 1.54) is 0 Å². The normalized spacial score (nSPS) is 16.5. The Balaban J connectivity index is 2.27. The Morgan fingerprint density at radius 3 is 2.53 bits per heavy atom. The van der Waals surface area contributed by atoms with E-state index in [1.54, 1.807) is 0 Å². The van der Waals surface area contributed by atoms with Gasteiger partial charge in [0.2, 0.25) is 5.95 Å². The van der Waals surface area contributed by atoms with Crippen LogP contribution in [0.4, 0.5) is 19.1 Å². The predicted octanol–water partition coefficient (Wildman–Crippen LogP) is 2.72. The average molecular weight is 238 g/mol. The smallest absolute Gasteiger partial charge is 0.351 e. The molecule has 0 atom stereocenters. The van der Waals surface area contributed by atoms with Crippen molar-refractivity contribution >= 4 is 17.5 Å². The number of aromatic nitrogens is 2. The van der Waals surface area contributed by atoms with Crippen molar-refractivity contribution in [1.82, 2.24) is 9.97 Å². The van der Waals surface area contributed by atoms with Gasteiger partial charge >= 0.3 is 6.18 Å². The maximum Gasteiger partial charge on any atom is 0.433 e. The summed E-state index contributed by atoms with van der Waals surface area (Å²) in [6.45, 7) is 0. The zero-order valence-electron chi connectivity index (χ0n) is 7.48. The van der Waals surface area contributed by atoms with Gasteiger partial charge < -0.3 is 5.32 Å². The summed E-state index contributed by atoms with van der Waals surface area (Å²) >= 11 is 5.47. The van der Waals surface area contributed by atoms with E-state index in [0.717, 1.165) is 12.8 Å². The summed E-state index contributed by atoms with van der Waals surface area (Å²) in [4.78, 5) is 7.02. The molecule has 0 saturated heterocycles. The van der Waals surface area contributed by atoms with Gasteiger partial charge in [0.05, 0.1) is 0 Å². The topological polar surface area (TPSA) is 37.8 Å². The van der Waals surface area contributed by atoms with E-state index < -0.39 is 11.9 Å². The second kappa shape index (κ2) is 3.52. The molecule has 3 nitrogen and oxygen atoms in total. The zero-order valence-corrected chi connectivity index (χ0v) is 8.23. The zero-order chi connectivity index (χ0) is 11.1. The number of hydrogen-bond donors (Lipinski definition) is 1. The lowest BCUT2D eigenvalue weighted by Gasteiger charge is -2.08. The van der Waals surface area contributed by atoms with Crippen molar-refractivity contribution in [3.05, 3.63) is 16.9 Å². The van der Waals surface area contributed by atoms with Gasteiger partial charge in [-0.3, -0.25) is 0 Å². The van der Waals surface area contributed by atoms with Gasteiger partial charge in [0.25, 0.3) is 0 Å². The number of nitrogens with one attached hydrogen (secondary N) is 1. The highest BCUT2D eigenvalue weighted by atomic mass is 35.5. The lowest BCUT2D eigenvalue weighted by atomic mass is 10.4. The minimum Gasteiger partial charge on any atom is -0.351 e. The van der Waals surface area contributed by atoms with Crippen LogP contribution < -0.4 is 5.32 Å². The summed E-state index contributed by atoms with van der Waals surface area (Å²) in [7, 11) is 0. The van der Waals surface area contributed by atoms with Crippen molar-refractivity contribution in [2.45, 2.75) is 25.1 Å². The Morgan fingerprint density at radius 2 is 2.00 bits per heavy atom. The summed E-state index contributed by atoms with van der Waals surface area (Å²) in [5.74, 6) is -0.0580. The summed E-state index contributed by atoms with van der Waals surface area (Å²) in [5, 5.41) is 2.55. The summed E-state index contributed by atoms with van der Waals surface area (Å²) < 4.78 is 37.0. The molecule has 0 aliphatic heterocycles. The first-order valence-corrected chi connectivity index (χ1v) is 4.71. The van der Waals surface area contributed by atoms with Crippen LogP contribution in [0.5, 0.6) is 0 Å². The molecule has 1 aliphatic carbocycles. The second-order valence-electron chi connectivity index (χ2n) is 3.32. The van der Waals surface area contributed by atoms with Crippen LogP contribution in [-0.4, -0.2) is 16.0 Å². The summed E-state index contributed by atoms with van der Waals surface area (Å²) in [5.41, 5.74) is -1.02. The van der Waals surface area contributed by atoms with Gasteiger partial charge in [0, 0.05) is 12.1 Å². The minimum atomic E-state index is -4.49. The molecule has 1 aromatic heterocycles. The van der Waals surface area contributed by atoms with Crippen molar-refractivity contribution < 1.29 is 13.2 Å². The van der Waals surface area contributed by atoms with Gasteiger partial charge in [-0.25, -0.2) is 9.97 Å².